The van der Waals surface area contributed by atoms with E-state index in [4.69, 9.17) is 14.5 Å². The third kappa shape index (κ3) is 10.1. The number of hydrogen-bond donors (Lipinski definition) is 1. The van der Waals surface area contributed by atoms with Crippen molar-refractivity contribution in [2.45, 2.75) is 0 Å². The van der Waals surface area contributed by atoms with Gasteiger partial charge in [-0.05, 0) is 132 Å². The maximum atomic E-state index is 13.3. The van der Waals surface area contributed by atoms with Crippen LogP contribution in [0.5, 0.6) is 17.2 Å². The summed E-state index contributed by atoms with van der Waals surface area (Å²) in [5.41, 5.74) is 1.82. The smallest absolute Gasteiger partial charge is 0.537 e. The largest absolute Gasteiger partial charge is 0.569 e. The fourth-order valence-corrected chi connectivity index (χ4v) is 3.59. The van der Waals surface area contributed by atoms with Gasteiger partial charge in [-0.25, -0.2) is 8.78 Å². The SMILES string of the molecule is COc1ccc(-c2ccc(Br)c(F)c2)cc1.COc1ccc(O[B]O)cc1.Fc1cc(I)ccc1Br. The summed E-state index contributed by atoms with van der Waals surface area (Å²) in [7, 11) is 3.85. The van der Waals surface area contributed by atoms with E-state index in [1.165, 1.54) is 12.1 Å². The van der Waals surface area contributed by atoms with E-state index in [1.807, 2.05) is 36.4 Å². The molecule has 0 saturated carbocycles. The lowest BCUT2D eigenvalue weighted by molar-refractivity contribution is 0.412. The second-order valence-electron chi connectivity index (χ2n) is 6.81. The second kappa shape index (κ2) is 15.9. The maximum Gasteiger partial charge on any atom is 0.569 e. The summed E-state index contributed by atoms with van der Waals surface area (Å²) in [6.45, 7) is 0. The van der Waals surface area contributed by atoms with E-state index in [1.54, 1.807) is 50.6 Å². The van der Waals surface area contributed by atoms with Crippen LogP contribution in [0.15, 0.2) is 93.9 Å². The summed E-state index contributed by atoms with van der Waals surface area (Å²) >= 11 is 8.24. The lowest BCUT2D eigenvalue weighted by Crippen LogP contribution is -1.99. The molecule has 0 spiro atoms. The first kappa shape index (κ1) is 30.1. The van der Waals surface area contributed by atoms with Crippen molar-refractivity contribution >= 4 is 62.1 Å². The molecule has 0 aromatic heterocycles. The molecule has 0 heterocycles. The highest BCUT2D eigenvalue weighted by atomic mass is 127. The molecule has 0 aliphatic rings. The second-order valence-corrected chi connectivity index (χ2v) is 9.77. The van der Waals surface area contributed by atoms with Crippen LogP contribution in [0.4, 0.5) is 8.78 Å². The number of methoxy groups -OCH3 is 2. The normalized spacial score (nSPS) is 9.67. The number of hydrogen-bond acceptors (Lipinski definition) is 4. The maximum absolute atomic E-state index is 13.3. The van der Waals surface area contributed by atoms with E-state index in [-0.39, 0.29) is 11.6 Å². The Bertz CT molecular complexity index is 1230. The standard InChI is InChI=1S/C13H10BrFO.C7H8BO3.C6H3BrFI/c1-16-11-5-2-9(3-6-11)10-4-7-12(14)13(15)8-10;1-10-6-2-4-7(5-3-6)11-8-9;7-5-2-1-4(9)3-6(5)8/h2-8H,1H3;2-5,9H,1H3;1-3H. The van der Waals surface area contributed by atoms with E-state index < -0.39 is 0 Å². The van der Waals surface area contributed by atoms with Gasteiger partial charge < -0.3 is 19.2 Å². The van der Waals surface area contributed by atoms with Gasteiger partial charge >= 0.3 is 7.69 Å². The molecule has 4 aromatic carbocycles. The number of rotatable bonds is 5. The molecule has 0 aliphatic carbocycles. The van der Waals surface area contributed by atoms with E-state index in [9.17, 15) is 8.78 Å². The van der Waals surface area contributed by atoms with Gasteiger partial charge in [0.25, 0.3) is 0 Å². The molecule has 4 rings (SSSR count). The highest BCUT2D eigenvalue weighted by molar-refractivity contribution is 14.1. The van der Waals surface area contributed by atoms with Crippen molar-refractivity contribution in [3.05, 3.63) is 109 Å². The zero-order chi connectivity index (χ0) is 26.5. The third-order valence-corrected chi connectivity index (χ3v) is 6.43. The van der Waals surface area contributed by atoms with Crippen molar-refractivity contribution < 1.29 is 27.9 Å². The molecule has 187 valence electrons. The van der Waals surface area contributed by atoms with Gasteiger partial charge in [0.05, 0.1) is 23.2 Å². The molecule has 4 aromatic rings. The summed E-state index contributed by atoms with van der Waals surface area (Å²) in [4.78, 5) is 0. The minimum absolute atomic E-state index is 0.207. The molecular weight excluding hydrogens is 712 g/mol. The van der Waals surface area contributed by atoms with Crippen LogP contribution in [0, 0.1) is 15.2 Å². The van der Waals surface area contributed by atoms with Gasteiger partial charge in [0.1, 0.15) is 28.9 Å². The van der Waals surface area contributed by atoms with Gasteiger partial charge in [-0.15, -0.1) is 0 Å². The Morgan fingerprint density at radius 1 is 0.667 bits per heavy atom. The Morgan fingerprint density at radius 3 is 1.56 bits per heavy atom. The first-order valence-electron chi connectivity index (χ1n) is 10.2. The monoisotopic (exact) mass is 731 g/mol. The molecular formula is C26H21BBr2F2IO4. The van der Waals surface area contributed by atoms with Crippen molar-refractivity contribution in [2.24, 2.45) is 0 Å². The van der Waals surface area contributed by atoms with Crippen LogP contribution in [0.25, 0.3) is 11.1 Å². The Labute approximate surface area is 240 Å². The molecule has 0 amide bonds. The molecule has 0 bridgehead atoms. The number of benzene rings is 4. The lowest BCUT2D eigenvalue weighted by atomic mass is 10.1. The Balaban J connectivity index is 0.000000200. The predicted octanol–water partition coefficient (Wildman–Crippen LogP) is 8.06. The van der Waals surface area contributed by atoms with Gasteiger partial charge in [0, 0.05) is 3.57 Å². The van der Waals surface area contributed by atoms with Crippen LogP contribution in [-0.4, -0.2) is 26.9 Å². The van der Waals surface area contributed by atoms with Crippen LogP contribution < -0.4 is 14.1 Å². The van der Waals surface area contributed by atoms with Crippen LogP contribution in [0.3, 0.4) is 0 Å². The first-order chi connectivity index (χ1) is 17.3. The van der Waals surface area contributed by atoms with Gasteiger partial charge in [-0.3, -0.25) is 0 Å². The highest BCUT2D eigenvalue weighted by Gasteiger charge is 2.03. The molecule has 1 radical (unpaired) electrons. The van der Waals surface area contributed by atoms with Gasteiger partial charge in [0.15, 0.2) is 0 Å². The molecule has 0 atom stereocenters. The highest BCUT2D eigenvalue weighted by Crippen LogP contribution is 2.26. The molecule has 10 heteroatoms. The van der Waals surface area contributed by atoms with E-state index >= 15 is 0 Å². The number of ether oxygens (including phenoxy) is 2. The van der Waals surface area contributed by atoms with Crippen molar-refractivity contribution in [3.8, 4) is 28.4 Å². The average molecular weight is 733 g/mol. The van der Waals surface area contributed by atoms with E-state index in [2.05, 4.69) is 59.1 Å². The molecule has 0 aliphatic heterocycles. The summed E-state index contributed by atoms with van der Waals surface area (Å²) < 4.78 is 42.4. The Morgan fingerprint density at radius 2 is 1.11 bits per heavy atom. The van der Waals surface area contributed by atoms with Gasteiger partial charge in [0.2, 0.25) is 0 Å². The summed E-state index contributed by atoms with van der Waals surface area (Å²) in [5, 5.41) is 8.27. The molecule has 4 nitrogen and oxygen atoms in total. The van der Waals surface area contributed by atoms with Crippen molar-refractivity contribution in [2.75, 3.05) is 14.2 Å². The molecule has 0 saturated heterocycles. The van der Waals surface area contributed by atoms with Crippen LogP contribution in [-0.2, 0) is 0 Å². The van der Waals surface area contributed by atoms with Crippen molar-refractivity contribution in [1.29, 1.82) is 0 Å². The summed E-state index contributed by atoms with van der Waals surface area (Å²) in [5.74, 6) is 1.67. The van der Waals surface area contributed by atoms with Crippen LogP contribution in [0.2, 0.25) is 0 Å². The number of halogens is 5. The minimum Gasteiger partial charge on any atom is -0.537 e. The quantitative estimate of drug-likeness (QED) is 0.128. The third-order valence-electron chi connectivity index (χ3n) is 4.47. The molecule has 0 fully saturated rings. The topological polar surface area (TPSA) is 47.9 Å². The van der Waals surface area contributed by atoms with E-state index in [0.717, 1.165) is 26.2 Å². The predicted molar refractivity (Wildman–Crippen MR) is 154 cm³/mol. The Hall–Kier alpha value is -2.15. The summed E-state index contributed by atoms with van der Waals surface area (Å²) in [6.07, 6.45) is 0. The molecule has 36 heavy (non-hydrogen) atoms. The van der Waals surface area contributed by atoms with Gasteiger partial charge in [-0.2, -0.15) is 0 Å². The molecule has 1 N–H and O–H groups in total. The van der Waals surface area contributed by atoms with Crippen molar-refractivity contribution in [1.82, 2.24) is 0 Å². The zero-order valence-electron chi connectivity index (χ0n) is 19.2. The zero-order valence-corrected chi connectivity index (χ0v) is 24.6. The lowest BCUT2D eigenvalue weighted by Gasteiger charge is -2.04. The first-order valence-corrected chi connectivity index (χ1v) is 12.9. The van der Waals surface area contributed by atoms with Crippen LogP contribution >= 0.6 is 54.5 Å². The fourth-order valence-electron chi connectivity index (χ4n) is 2.64. The fraction of sp³-hybridized carbons (Fsp3) is 0.0769. The Kier molecular flexibility index (Phi) is 13.2. The minimum atomic E-state index is -0.256. The summed E-state index contributed by atoms with van der Waals surface area (Å²) in [6, 6.07) is 24.5. The van der Waals surface area contributed by atoms with Crippen LogP contribution in [0.1, 0.15) is 0 Å². The van der Waals surface area contributed by atoms with Crippen molar-refractivity contribution in [3.63, 3.8) is 0 Å². The van der Waals surface area contributed by atoms with Gasteiger partial charge in [-0.1, -0.05) is 18.2 Å². The van der Waals surface area contributed by atoms with E-state index in [0.29, 0.717) is 22.4 Å². The average Bonchev–Trinajstić information content (AvgIpc) is 2.89. The molecule has 0 unspecified atom stereocenters.